The molecule has 0 aromatic heterocycles. The van der Waals surface area contributed by atoms with Gasteiger partial charge in [-0.15, -0.1) is 0 Å². The quantitative estimate of drug-likeness (QED) is 0.122. The molecular formula is C26H41NO10. The van der Waals surface area contributed by atoms with E-state index in [1.165, 1.54) is 6.92 Å². The number of hydrogen-bond acceptors (Lipinski definition) is 10. The molecule has 1 aromatic rings. The molecule has 0 saturated carbocycles. The highest BCUT2D eigenvalue weighted by atomic mass is 16.6. The molecule has 0 radical (unpaired) electrons. The Hall–Kier alpha value is -2.54. The van der Waals surface area contributed by atoms with Crippen molar-refractivity contribution in [2.45, 2.75) is 13.8 Å². The maximum Gasteiger partial charge on any atom is 0.333 e. The second-order valence-corrected chi connectivity index (χ2v) is 7.64. The van der Waals surface area contributed by atoms with Gasteiger partial charge >= 0.3 is 5.97 Å². The first-order valence-electron chi connectivity index (χ1n) is 12.3. The molecule has 210 valence electrons. The zero-order chi connectivity index (χ0) is 27.0. The number of amides is 1. The normalized spacial score (nSPS) is 10.8. The average Bonchev–Trinajstić information content (AvgIpc) is 2.87. The summed E-state index contributed by atoms with van der Waals surface area (Å²) >= 11 is 0. The number of benzene rings is 1. The zero-order valence-corrected chi connectivity index (χ0v) is 22.0. The molecule has 1 N–H and O–H groups in total. The van der Waals surface area contributed by atoms with E-state index in [1.807, 2.05) is 0 Å². The van der Waals surface area contributed by atoms with Gasteiger partial charge in [-0.3, -0.25) is 4.79 Å². The van der Waals surface area contributed by atoms with E-state index in [9.17, 15) is 9.59 Å². The van der Waals surface area contributed by atoms with Crippen LogP contribution in [0.4, 0.5) is 5.69 Å². The number of carbonyl (C=O) groups excluding carboxylic acids is 2. The van der Waals surface area contributed by atoms with Crippen molar-refractivity contribution in [1.29, 1.82) is 0 Å². The Morgan fingerprint density at radius 2 is 1.00 bits per heavy atom. The number of ether oxygens (including phenoxy) is 8. The topological polar surface area (TPSA) is 120 Å². The lowest BCUT2D eigenvalue weighted by Gasteiger charge is -2.09. The summed E-state index contributed by atoms with van der Waals surface area (Å²) < 4.78 is 42.9. The molecule has 0 spiro atoms. The van der Waals surface area contributed by atoms with Gasteiger partial charge in [0.25, 0.3) is 0 Å². The Labute approximate surface area is 219 Å². The second-order valence-electron chi connectivity index (χ2n) is 7.64. The number of nitrogens with one attached hydrogen (secondary N) is 1. The molecule has 0 aliphatic rings. The summed E-state index contributed by atoms with van der Waals surface area (Å²) in [6.45, 7) is 12.6. The minimum absolute atomic E-state index is 0.110. The van der Waals surface area contributed by atoms with Gasteiger partial charge in [-0.25, -0.2) is 4.79 Å². The van der Waals surface area contributed by atoms with E-state index < -0.39 is 5.97 Å². The van der Waals surface area contributed by atoms with E-state index in [0.29, 0.717) is 97.2 Å². The number of carbonyl (C=O) groups is 2. The van der Waals surface area contributed by atoms with Gasteiger partial charge in [0.2, 0.25) is 5.91 Å². The zero-order valence-electron chi connectivity index (χ0n) is 22.0. The van der Waals surface area contributed by atoms with Gasteiger partial charge in [-0.1, -0.05) is 6.58 Å². The monoisotopic (exact) mass is 527 g/mol. The SMILES string of the molecule is C=C(C)C(=O)OCCOCCOCCOCCOCCOCCOCCOc1ccc(NC(C)=O)cc1. The van der Waals surface area contributed by atoms with E-state index in [2.05, 4.69) is 11.9 Å². The Balaban J connectivity index is 1.74. The van der Waals surface area contributed by atoms with Gasteiger partial charge in [0.05, 0.1) is 79.3 Å². The lowest BCUT2D eigenvalue weighted by atomic mass is 10.3. The van der Waals surface area contributed by atoms with Crippen molar-refractivity contribution in [2.24, 2.45) is 0 Å². The van der Waals surface area contributed by atoms with Gasteiger partial charge in [0, 0.05) is 18.2 Å². The summed E-state index contributed by atoms with van der Waals surface area (Å²) in [6.07, 6.45) is 0. The minimum Gasteiger partial charge on any atom is -0.491 e. The molecule has 0 saturated heterocycles. The van der Waals surface area contributed by atoms with E-state index in [1.54, 1.807) is 31.2 Å². The fourth-order valence-electron chi connectivity index (χ4n) is 2.57. The maximum atomic E-state index is 11.2. The van der Waals surface area contributed by atoms with Crippen LogP contribution in [0.3, 0.4) is 0 Å². The predicted octanol–water partition coefficient (Wildman–Crippen LogP) is 2.24. The molecule has 0 bridgehead atoms. The molecule has 1 rings (SSSR count). The van der Waals surface area contributed by atoms with E-state index in [4.69, 9.17) is 37.9 Å². The van der Waals surface area contributed by atoms with Gasteiger partial charge in [-0.05, 0) is 31.2 Å². The predicted molar refractivity (Wildman–Crippen MR) is 137 cm³/mol. The van der Waals surface area contributed by atoms with E-state index in [-0.39, 0.29) is 12.5 Å². The largest absolute Gasteiger partial charge is 0.491 e. The van der Waals surface area contributed by atoms with Crippen LogP contribution >= 0.6 is 0 Å². The molecule has 37 heavy (non-hydrogen) atoms. The molecule has 0 aliphatic carbocycles. The molecule has 0 atom stereocenters. The standard InChI is InChI=1S/C26H41NO10/c1-22(2)26(29)37-21-19-35-17-15-33-13-11-31-9-8-30-10-12-32-14-16-34-18-20-36-25-6-4-24(5-7-25)27-23(3)28/h4-7H,1,8-21H2,2-3H3,(H,27,28). The first-order valence-corrected chi connectivity index (χ1v) is 12.3. The third kappa shape index (κ3) is 20.2. The lowest BCUT2D eigenvalue weighted by molar-refractivity contribution is -0.140. The second kappa shape index (κ2) is 22.6. The van der Waals surface area contributed by atoms with Gasteiger partial charge in [-0.2, -0.15) is 0 Å². The molecule has 1 amide bonds. The van der Waals surface area contributed by atoms with Crippen LogP contribution in [-0.2, 0) is 42.7 Å². The average molecular weight is 528 g/mol. The summed E-state index contributed by atoms with van der Waals surface area (Å²) in [7, 11) is 0. The maximum absolute atomic E-state index is 11.2. The molecule has 0 aliphatic heterocycles. The van der Waals surface area contributed by atoms with Gasteiger partial charge in [0.1, 0.15) is 19.0 Å². The van der Waals surface area contributed by atoms with Crippen molar-refractivity contribution < 1.29 is 47.5 Å². The minimum atomic E-state index is -0.415. The van der Waals surface area contributed by atoms with Crippen LogP contribution < -0.4 is 10.1 Å². The van der Waals surface area contributed by atoms with Crippen molar-refractivity contribution in [3.05, 3.63) is 36.4 Å². The number of anilines is 1. The third-order valence-corrected chi connectivity index (χ3v) is 4.34. The Morgan fingerprint density at radius 1 is 0.622 bits per heavy atom. The fourth-order valence-corrected chi connectivity index (χ4v) is 2.57. The summed E-state index contributed by atoms with van der Waals surface area (Å²) in [5.74, 6) is 0.188. The van der Waals surface area contributed by atoms with Gasteiger partial charge < -0.3 is 43.2 Å². The van der Waals surface area contributed by atoms with Crippen LogP contribution in [0.15, 0.2) is 36.4 Å². The number of rotatable bonds is 24. The van der Waals surface area contributed by atoms with Crippen LogP contribution in [0, 0.1) is 0 Å². The van der Waals surface area contributed by atoms with Crippen LogP contribution in [0.5, 0.6) is 5.75 Å². The van der Waals surface area contributed by atoms with Crippen molar-refractivity contribution in [3.8, 4) is 5.75 Å². The van der Waals surface area contributed by atoms with Crippen LogP contribution in [0.25, 0.3) is 0 Å². The van der Waals surface area contributed by atoms with Crippen LogP contribution in [0.2, 0.25) is 0 Å². The Bertz CT molecular complexity index is 741. The molecule has 0 unspecified atom stereocenters. The Kier molecular flexibility index (Phi) is 19.9. The first-order chi connectivity index (χ1) is 18.0. The summed E-state index contributed by atoms with van der Waals surface area (Å²) in [4.78, 5) is 22.2. The highest BCUT2D eigenvalue weighted by molar-refractivity contribution is 5.88. The van der Waals surface area contributed by atoms with E-state index >= 15 is 0 Å². The van der Waals surface area contributed by atoms with Gasteiger partial charge in [0.15, 0.2) is 0 Å². The fraction of sp³-hybridized carbons (Fsp3) is 0.615. The van der Waals surface area contributed by atoms with Crippen molar-refractivity contribution in [3.63, 3.8) is 0 Å². The third-order valence-electron chi connectivity index (χ3n) is 4.34. The molecule has 0 heterocycles. The first kappa shape index (κ1) is 32.5. The molecule has 11 heteroatoms. The van der Waals surface area contributed by atoms with E-state index in [0.717, 1.165) is 5.69 Å². The highest BCUT2D eigenvalue weighted by Gasteiger charge is 2.02. The van der Waals surface area contributed by atoms with Crippen LogP contribution in [-0.4, -0.2) is 104 Å². The molecular weight excluding hydrogens is 486 g/mol. The summed E-state index contributed by atoms with van der Waals surface area (Å²) in [5.41, 5.74) is 1.10. The lowest BCUT2D eigenvalue weighted by Crippen LogP contribution is -2.15. The summed E-state index contributed by atoms with van der Waals surface area (Å²) in [5, 5.41) is 2.70. The van der Waals surface area contributed by atoms with Crippen molar-refractivity contribution >= 4 is 17.6 Å². The van der Waals surface area contributed by atoms with Crippen molar-refractivity contribution in [1.82, 2.24) is 0 Å². The Morgan fingerprint density at radius 3 is 1.38 bits per heavy atom. The highest BCUT2D eigenvalue weighted by Crippen LogP contribution is 2.15. The van der Waals surface area contributed by atoms with Crippen LogP contribution in [0.1, 0.15) is 13.8 Å². The van der Waals surface area contributed by atoms with Crippen molar-refractivity contribution in [2.75, 3.05) is 97.8 Å². The molecule has 1 aromatic carbocycles. The smallest absolute Gasteiger partial charge is 0.333 e. The number of hydrogen-bond donors (Lipinski definition) is 1. The summed E-state index contributed by atoms with van der Waals surface area (Å²) in [6, 6.07) is 7.15. The number of esters is 1. The molecule has 0 fully saturated rings. The molecule has 11 nitrogen and oxygen atoms in total.